The van der Waals surface area contributed by atoms with Crippen molar-refractivity contribution >= 4 is 23.9 Å². The number of ether oxygens (including phenoxy) is 2. The van der Waals surface area contributed by atoms with Crippen LogP contribution in [0.3, 0.4) is 0 Å². The highest BCUT2D eigenvalue weighted by molar-refractivity contribution is 5.92. The number of benzene rings is 1. The molecule has 1 rings (SSSR count). The van der Waals surface area contributed by atoms with Gasteiger partial charge in [0.05, 0.1) is 13.0 Å². The maximum atomic E-state index is 13.4. The van der Waals surface area contributed by atoms with Crippen LogP contribution < -0.4 is 10.6 Å². The van der Waals surface area contributed by atoms with E-state index in [0.717, 1.165) is 0 Å². The molecule has 0 aliphatic rings. The number of nitrogens with one attached hydrogen (secondary N) is 2. The van der Waals surface area contributed by atoms with Crippen LogP contribution in [-0.2, 0) is 23.9 Å². The number of hydrogen-bond donors (Lipinski definition) is 3. The van der Waals surface area contributed by atoms with Gasteiger partial charge in [0.25, 0.3) is 0 Å². The Morgan fingerprint density at radius 3 is 2.43 bits per heavy atom. The second-order valence-corrected chi connectivity index (χ2v) is 8.94. The van der Waals surface area contributed by atoms with Crippen molar-refractivity contribution in [3.8, 4) is 5.75 Å². The molecule has 194 valence electrons. The van der Waals surface area contributed by atoms with Crippen LogP contribution in [0.5, 0.6) is 5.75 Å². The zero-order valence-electron chi connectivity index (χ0n) is 21.3. The summed E-state index contributed by atoms with van der Waals surface area (Å²) in [6.45, 7) is 13.9. The molecule has 0 heterocycles. The molecule has 10 heteroatoms. The monoisotopic (exact) mass is 491 g/mol. The topological polar surface area (TPSA) is 134 Å². The fourth-order valence-corrected chi connectivity index (χ4v) is 3.20. The summed E-state index contributed by atoms with van der Waals surface area (Å²) < 4.78 is 10.1. The first-order valence-corrected chi connectivity index (χ1v) is 11.4. The van der Waals surface area contributed by atoms with Crippen LogP contribution in [0.1, 0.15) is 58.2 Å². The largest absolute Gasteiger partial charge is 0.508 e. The lowest BCUT2D eigenvalue weighted by atomic mass is 10.0. The van der Waals surface area contributed by atoms with Gasteiger partial charge in [-0.15, -0.1) is 6.58 Å². The minimum absolute atomic E-state index is 0.00490. The Kier molecular flexibility index (Phi) is 11.2. The number of carbonyl (C=O) groups is 4. The number of aryl methyl sites for hydroxylation is 1. The summed E-state index contributed by atoms with van der Waals surface area (Å²) in [4.78, 5) is 51.8. The van der Waals surface area contributed by atoms with Gasteiger partial charge in [-0.2, -0.15) is 0 Å². The summed E-state index contributed by atoms with van der Waals surface area (Å²) in [6.07, 6.45) is 0.657. The second-order valence-electron chi connectivity index (χ2n) is 8.94. The highest BCUT2D eigenvalue weighted by Crippen LogP contribution is 2.27. The number of phenolic OH excluding ortho intramolecular Hbond substituents is 1. The Hall–Kier alpha value is -3.56. The molecule has 0 aromatic heterocycles. The number of esters is 1. The van der Waals surface area contributed by atoms with Crippen molar-refractivity contribution in [1.82, 2.24) is 15.5 Å². The Morgan fingerprint density at radius 2 is 1.89 bits per heavy atom. The van der Waals surface area contributed by atoms with Gasteiger partial charge in [-0.25, -0.2) is 4.79 Å². The zero-order valence-corrected chi connectivity index (χ0v) is 21.3. The van der Waals surface area contributed by atoms with Gasteiger partial charge in [-0.1, -0.05) is 12.1 Å². The van der Waals surface area contributed by atoms with Crippen molar-refractivity contribution < 1.29 is 33.8 Å². The lowest BCUT2D eigenvalue weighted by Crippen LogP contribution is -2.52. The molecule has 35 heavy (non-hydrogen) atoms. The van der Waals surface area contributed by atoms with Crippen LogP contribution in [0.15, 0.2) is 30.9 Å². The Balaban J connectivity index is 3.23. The Bertz CT molecular complexity index is 924. The van der Waals surface area contributed by atoms with E-state index in [1.165, 1.54) is 30.0 Å². The van der Waals surface area contributed by atoms with Crippen LogP contribution >= 0.6 is 0 Å². The molecule has 2 atom stereocenters. The summed E-state index contributed by atoms with van der Waals surface area (Å²) in [5.74, 6) is -1.51. The standard InChI is InChI=1S/C25H37N3O7/c1-8-14-28(23(32)17(4)27-24(33)35-25(5,6)7)21(18-10-11-19(29)16(3)15-18)22(31)26-13-12-20(30)34-9-2/h8,10-11,15,17,21,29H,1,9,12-14H2,2-7H3,(H,26,31)(H,27,33). The van der Waals surface area contributed by atoms with Crippen LogP contribution in [0.2, 0.25) is 0 Å². The van der Waals surface area contributed by atoms with Crippen LogP contribution in [0.4, 0.5) is 4.79 Å². The summed E-state index contributed by atoms with van der Waals surface area (Å²) in [7, 11) is 0. The van der Waals surface area contributed by atoms with Crippen molar-refractivity contribution in [2.24, 2.45) is 0 Å². The van der Waals surface area contributed by atoms with Gasteiger partial charge in [0.15, 0.2) is 0 Å². The smallest absolute Gasteiger partial charge is 0.408 e. The van der Waals surface area contributed by atoms with Gasteiger partial charge in [-0.3, -0.25) is 14.4 Å². The molecule has 10 nitrogen and oxygen atoms in total. The molecule has 0 saturated carbocycles. The SMILES string of the molecule is C=CCN(C(=O)C(C)NC(=O)OC(C)(C)C)C(C(=O)NCCC(=O)OCC)c1ccc(O)c(C)c1. The van der Waals surface area contributed by atoms with E-state index in [-0.39, 0.29) is 31.9 Å². The quantitative estimate of drug-likeness (QED) is 0.320. The first-order chi connectivity index (χ1) is 16.3. The van der Waals surface area contributed by atoms with E-state index in [0.29, 0.717) is 11.1 Å². The third-order valence-corrected chi connectivity index (χ3v) is 4.74. The molecule has 0 fully saturated rings. The Labute approximate surface area is 206 Å². The van der Waals surface area contributed by atoms with Crippen molar-refractivity contribution in [3.05, 3.63) is 42.0 Å². The number of rotatable bonds is 11. The number of alkyl carbamates (subject to hydrolysis) is 1. The van der Waals surface area contributed by atoms with Gasteiger partial charge < -0.3 is 30.1 Å². The second kappa shape index (κ2) is 13.4. The molecule has 3 N–H and O–H groups in total. The minimum atomic E-state index is -1.12. The van der Waals surface area contributed by atoms with E-state index in [9.17, 15) is 24.3 Å². The van der Waals surface area contributed by atoms with Crippen LogP contribution in [0.25, 0.3) is 0 Å². The normalized spacial score (nSPS) is 12.6. The number of carbonyl (C=O) groups excluding carboxylic acids is 4. The van der Waals surface area contributed by atoms with Gasteiger partial charge in [0.1, 0.15) is 23.4 Å². The lowest BCUT2D eigenvalue weighted by Gasteiger charge is -2.33. The summed E-state index contributed by atoms with van der Waals surface area (Å²) in [6, 6.07) is 2.43. The average molecular weight is 492 g/mol. The average Bonchev–Trinajstić information content (AvgIpc) is 2.74. The van der Waals surface area contributed by atoms with E-state index < -0.39 is 41.6 Å². The van der Waals surface area contributed by atoms with Crippen molar-refractivity contribution in [1.29, 1.82) is 0 Å². The van der Waals surface area contributed by atoms with E-state index in [1.807, 2.05) is 0 Å². The van der Waals surface area contributed by atoms with E-state index in [4.69, 9.17) is 9.47 Å². The first-order valence-electron chi connectivity index (χ1n) is 11.4. The molecular weight excluding hydrogens is 454 g/mol. The lowest BCUT2D eigenvalue weighted by molar-refractivity contribution is -0.144. The predicted octanol–water partition coefficient (Wildman–Crippen LogP) is 2.74. The zero-order chi connectivity index (χ0) is 26.8. The summed E-state index contributed by atoms with van der Waals surface area (Å²) >= 11 is 0. The van der Waals surface area contributed by atoms with E-state index >= 15 is 0 Å². The van der Waals surface area contributed by atoms with Gasteiger partial charge in [-0.05, 0) is 64.8 Å². The molecule has 1 aromatic carbocycles. The highest BCUT2D eigenvalue weighted by atomic mass is 16.6. The summed E-state index contributed by atoms with van der Waals surface area (Å²) in [5, 5.41) is 15.1. The molecule has 0 bridgehead atoms. The van der Waals surface area contributed by atoms with Gasteiger partial charge in [0.2, 0.25) is 11.8 Å². The fraction of sp³-hybridized carbons (Fsp3) is 0.520. The van der Waals surface area contributed by atoms with Crippen molar-refractivity contribution in [3.63, 3.8) is 0 Å². The molecule has 3 amide bonds. The third-order valence-electron chi connectivity index (χ3n) is 4.74. The molecule has 0 aliphatic carbocycles. The maximum Gasteiger partial charge on any atom is 0.408 e. The maximum absolute atomic E-state index is 13.4. The Morgan fingerprint density at radius 1 is 1.23 bits per heavy atom. The van der Waals surface area contributed by atoms with Crippen LogP contribution in [0, 0.1) is 6.92 Å². The van der Waals surface area contributed by atoms with E-state index in [2.05, 4.69) is 17.2 Å². The first kappa shape index (κ1) is 29.5. The molecule has 0 saturated heterocycles. The minimum Gasteiger partial charge on any atom is -0.508 e. The molecule has 0 spiro atoms. The number of phenols is 1. The summed E-state index contributed by atoms with van der Waals surface area (Å²) in [5.41, 5.74) is 0.199. The van der Waals surface area contributed by atoms with Crippen molar-refractivity contribution in [2.75, 3.05) is 19.7 Å². The molecular formula is C25H37N3O7. The highest BCUT2D eigenvalue weighted by Gasteiger charge is 2.34. The third kappa shape index (κ3) is 9.68. The van der Waals surface area contributed by atoms with E-state index in [1.54, 1.807) is 40.7 Å². The number of nitrogens with zero attached hydrogens (tertiary/aromatic N) is 1. The van der Waals surface area contributed by atoms with Gasteiger partial charge >= 0.3 is 12.1 Å². The number of amides is 3. The number of hydrogen-bond acceptors (Lipinski definition) is 7. The molecule has 0 radical (unpaired) electrons. The molecule has 0 aliphatic heterocycles. The molecule has 1 aromatic rings. The fourth-order valence-electron chi connectivity index (χ4n) is 3.20. The molecule has 2 unspecified atom stereocenters. The van der Waals surface area contributed by atoms with Crippen LogP contribution in [-0.4, -0.2) is 65.2 Å². The number of aromatic hydroxyl groups is 1. The van der Waals surface area contributed by atoms with Crippen molar-refractivity contribution in [2.45, 2.75) is 65.6 Å². The predicted molar refractivity (Wildman–Crippen MR) is 131 cm³/mol. The van der Waals surface area contributed by atoms with Gasteiger partial charge in [0, 0.05) is 13.1 Å².